The standard InChI is InChI=1S/C18H17ClF5N3O2/c19-12-8-10(6-7-14(12)29-17(20)21)25-15(28)9-27-13-5-3-1-2-4-11(13)16(26-27)18(22,23)24/h6-8,17H,1-5,9H2,(H,25,28). The summed E-state index contributed by atoms with van der Waals surface area (Å²) in [6.07, 6.45) is -1.74. The molecule has 11 heteroatoms. The Morgan fingerprint density at radius 3 is 2.62 bits per heavy atom. The fourth-order valence-electron chi connectivity index (χ4n) is 3.31. The average Bonchev–Trinajstić information content (AvgIpc) is 2.79. The molecule has 0 unspecified atom stereocenters. The molecule has 158 valence electrons. The molecule has 1 N–H and O–H groups in total. The number of aromatic nitrogens is 2. The van der Waals surface area contributed by atoms with Crippen molar-refractivity contribution in [1.82, 2.24) is 9.78 Å². The second-order valence-electron chi connectivity index (χ2n) is 6.56. The fourth-order valence-corrected chi connectivity index (χ4v) is 3.54. The average molecular weight is 438 g/mol. The Kier molecular flexibility index (Phi) is 6.30. The Bertz CT molecular complexity index is 898. The Labute approximate surface area is 167 Å². The molecule has 5 nitrogen and oxygen atoms in total. The van der Waals surface area contributed by atoms with Crippen molar-refractivity contribution < 1.29 is 31.5 Å². The number of benzene rings is 1. The molecule has 1 heterocycles. The summed E-state index contributed by atoms with van der Waals surface area (Å²) in [5, 5.41) is 5.98. The molecule has 0 saturated carbocycles. The molecule has 1 aromatic heterocycles. The van der Waals surface area contributed by atoms with Crippen LogP contribution in [-0.2, 0) is 30.4 Å². The lowest BCUT2D eigenvalue weighted by Gasteiger charge is -2.11. The number of halogens is 6. The van der Waals surface area contributed by atoms with Crippen molar-refractivity contribution in [3.63, 3.8) is 0 Å². The summed E-state index contributed by atoms with van der Waals surface area (Å²) < 4.78 is 69.8. The van der Waals surface area contributed by atoms with E-state index in [4.69, 9.17) is 11.6 Å². The quantitative estimate of drug-likeness (QED) is 0.525. The van der Waals surface area contributed by atoms with Crippen LogP contribution >= 0.6 is 11.6 Å². The topological polar surface area (TPSA) is 56.2 Å². The lowest BCUT2D eigenvalue weighted by molar-refractivity contribution is -0.142. The molecular formula is C18H17ClF5N3O2. The summed E-state index contributed by atoms with van der Waals surface area (Å²) in [4.78, 5) is 12.3. The second kappa shape index (κ2) is 8.56. The molecule has 0 bridgehead atoms. The normalized spacial score (nSPS) is 14.4. The van der Waals surface area contributed by atoms with E-state index < -0.39 is 30.9 Å². The van der Waals surface area contributed by atoms with Crippen LogP contribution in [0.25, 0.3) is 0 Å². The Balaban J connectivity index is 1.77. The van der Waals surface area contributed by atoms with E-state index in [1.807, 2.05) is 0 Å². The highest BCUT2D eigenvalue weighted by molar-refractivity contribution is 6.32. The zero-order chi connectivity index (χ0) is 21.2. The van der Waals surface area contributed by atoms with Gasteiger partial charge in [-0.3, -0.25) is 9.48 Å². The van der Waals surface area contributed by atoms with E-state index in [0.29, 0.717) is 18.5 Å². The third kappa shape index (κ3) is 5.17. The minimum Gasteiger partial charge on any atom is -0.433 e. The molecule has 2 aromatic rings. The smallest absolute Gasteiger partial charge is 0.433 e. The predicted molar refractivity (Wildman–Crippen MR) is 95.2 cm³/mol. The summed E-state index contributed by atoms with van der Waals surface area (Å²) >= 11 is 5.83. The number of nitrogens with zero attached hydrogens (tertiary/aromatic N) is 2. The Morgan fingerprint density at radius 2 is 1.97 bits per heavy atom. The number of rotatable bonds is 5. The van der Waals surface area contributed by atoms with Gasteiger partial charge in [0.1, 0.15) is 12.3 Å². The highest BCUT2D eigenvalue weighted by atomic mass is 35.5. The molecule has 0 atom stereocenters. The Hall–Kier alpha value is -2.36. The third-order valence-electron chi connectivity index (χ3n) is 4.50. The molecule has 1 aliphatic carbocycles. The number of carbonyl (C=O) groups is 1. The van der Waals surface area contributed by atoms with Gasteiger partial charge < -0.3 is 10.1 Å². The van der Waals surface area contributed by atoms with Gasteiger partial charge in [0.2, 0.25) is 5.91 Å². The summed E-state index contributed by atoms with van der Waals surface area (Å²) in [5.41, 5.74) is -0.183. The van der Waals surface area contributed by atoms with Crippen LogP contribution in [0.2, 0.25) is 5.02 Å². The van der Waals surface area contributed by atoms with Gasteiger partial charge in [0.25, 0.3) is 0 Å². The number of ether oxygens (including phenoxy) is 1. The fraction of sp³-hybridized carbons (Fsp3) is 0.444. The maximum Gasteiger partial charge on any atom is 0.435 e. The van der Waals surface area contributed by atoms with E-state index in [9.17, 15) is 26.7 Å². The largest absolute Gasteiger partial charge is 0.435 e. The van der Waals surface area contributed by atoms with Crippen LogP contribution < -0.4 is 10.1 Å². The van der Waals surface area contributed by atoms with Gasteiger partial charge in [-0.1, -0.05) is 18.0 Å². The molecule has 0 spiro atoms. The summed E-state index contributed by atoms with van der Waals surface area (Å²) in [6, 6.07) is 3.67. The van der Waals surface area contributed by atoms with Gasteiger partial charge in [-0.25, -0.2) is 0 Å². The number of amides is 1. The molecule has 0 aliphatic heterocycles. The van der Waals surface area contributed by atoms with Crippen molar-refractivity contribution in [1.29, 1.82) is 0 Å². The van der Waals surface area contributed by atoms with Gasteiger partial charge in [-0.15, -0.1) is 0 Å². The molecule has 1 aliphatic rings. The molecule has 0 fully saturated rings. The first-order valence-electron chi connectivity index (χ1n) is 8.85. The number of alkyl halides is 5. The third-order valence-corrected chi connectivity index (χ3v) is 4.80. The van der Waals surface area contributed by atoms with E-state index in [1.54, 1.807) is 0 Å². The van der Waals surface area contributed by atoms with Crippen LogP contribution in [0.5, 0.6) is 5.75 Å². The lowest BCUT2D eigenvalue weighted by atomic mass is 10.1. The highest BCUT2D eigenvalue weighted by Crippen LogP contribution is 2.35. The van der Waals surface area contributed by atoms with Gasteiger partial charge in [0.05, 0.1) is 5.02 Å². The summed E-state index contributed by atoms with van der Waals surface area (Å²) in [5.74, 6) is -0.876. The van der Waals surface area contributed by atoms with E-state index in [0.717, 1.165) is 23.6 Å². The second-order valence-corrected chi connectivity index (χ2v) is 6.97. The van der Waals surface area contributed by atoms with Crippen molar-refractivity contribution in [2.75, 3.05) is 5.32 Å². The lowest BCUT2D eigenvalue weighted by Crippen LogP contribution is -2.21. The van der Waals surface area contributed by atoms with E-state index >= 15 is 0 Å². The monoisotopic (exact) mass is 437 g/mol. The maximum absolute atomic E-state index is 13.3. The van der Waals surface area contributed by atoms with Crippen molar-refractivity contribution in [2.24, 2.45) is 0 Å². The minimum atomic E-state index is -4.59. The molecule has 29 heavy (non-hydrogen) atoms. The number of nitrogens with one attached hydrogen (secondary N) is 1. The number of hydrogen-bond donors (Lipinski definition) is 1. The summed E-state index contributed by atoms with van der Waals surface area (Å²) in [7, 11) is 0. The number of hydrogen-bond acceptors (Lipinski definition) is 3. The van der Waals surface area contributed by atoms with E-state index in [-0.39, 0.29) is 28.4 Å². The van der Waals surface area contributed by atoms with Crippen LogP contribution in [-0.4, -0.2) is 22.3 Å². The van der Waals surface area contributed by atoms with E-state index in [2.05, 4.69) is 15.2 Å². The van der Waals surface area contributed by atoms with Crippen molar-refractivity contribution >= 4 is 23.2 Å². The molecule has 1 amide bonds. The first-order valence-corrected chi connectivity index (χ1v) is 9.23. The van der Waals surface area contributed by atoms with Gasteiger partial charge in [-0.05, 0) is 43.9 Å². The SMILES string of the molecule is O=C(Cn1nc(C(F)(F)F)c2c1CCCCC2)Nc1ccc(OC(F)F)c(Cl)c1. The molecule has 0 saturated heterocycles. The van der Waals surface area contributed by atoms with Gasteiger partial charge >= 0.3 is 12.8 Å². The number of anilines is 1. The van der Waals surface area contributed by atoms with Crippen LogP contribution in [0.4, 0.5) is 27.6 Å². The highest BCUT2D eigenvalue weighted by Gasteiger charge is 2.39. The summed E-state index contributed by atoms with van der Waals surface area (Å²) in [6.45, 7) is -3.46. The Morgan fingerprint density at radius 1 is 1.24 bits per heavy atom. The van der Waals surface area contributed by atoms with Crippen LogP contribution in [0.1, 0.15) is 36.2 Å². The van der Waals surface area contributed by atoms with Crippen LogP contribution in [0.15, 0.2) is 18.2 Å². The molecule has 3 rings (SSSR count). The molecule has 0 radical (unpaired) electrons. The maximum atomic E-state index is 13.3. The van der Waals surface area contributed by atoms with Crippen molar-refractivity contribution in [2.45, 2.75) is 51.4 Å². The van der Waals surface area contributed by atoms with Crippen molar-refractivity contribution in [3.8, 4) is 5.75 Å². The van der Waals surface area contributed by atoms with E-state index in [1.165, 1.54) is 12.1 Å². The first-order chi connectivity index (χ1) is 13.6. The molecule has 1 aromatic carbocycles. The molecular weight excluding hydrogens is 421 g/mol. The predicted octanol–water partition coefficient (Wildman–Crippen LogP) is 5.06. The number of fused-ring (bicyclic) bond motifs is 1. The zero-order valence-corrected chi connectivity index (χ0v) is 15.8. The van der Waals surface area contributed by atoms with Gasteiger partial charge in [0, 0.05) is 16.9 Å². The number of carbonyl (C=O) groups excluding carboxylic acids is 1. The first kappa shape index (κ1) is 21.4. The zero-order valence-electron chi connectivity index (χ0n) is 15.0. The minimum absolute atomic E-state index is 0.143. The van der Waals surface area contributed by atoms with Gasteiger partial charge in [0.15, 0.2) is 5.69 Å². The van der Waals surface area contributed by atoms with Crippen LogP contribution in [0.3, 0.4) is 0 Å². The van der Waals surface area contributed by atoms with Crippen molar-refractivity contribution in [3.05, 3.63) is 40.2 Å². The van der Waals surface area contributed by atoms with Gasteiger partial charge in [-0.2, -0.15) is 27.1 Å². The van der Waals surface area contributed by atoms with Crippen LogP contribution in [0, 0.1) is 0 Å².